The van der Waals surface area contributed by atoms with E-state index < -0.39 is 0 Å². The van der Waals surface area contributed by atoms with Crippen molar-refractivity contribution in [3.8, 4) is 11.4 Å². The number of nitrogens with one attached hydrogen (secondary N) is 2. The maximum Gasteiger partial charge on any atom is 0.191 e. The molecule has 0 saturated heterocycles. The van der Waals surface area contributed by atoms with Crippen LogP contribution in [0.25, 0.3) is 5.69 Å². The van der Waals surface area contributed by atoms with Crippen molar-refractivity contribution in [2.45, 2.75) is 18.9 Å². The van der Waals surface area contributed by atoms with Gasteiger partial charge in [-0.15, -0.1) is 0 Å². The summed E-state index contributed by atoms with van der Waals surface area (Å²) in [6.07, 6.45) is 5.92. The number of ether oxygens (including phenoxy) is 1. The van der Waals surface area contributed by atoms with E-state index in [-0.39, 0.29) is 6.10 Å². The Morgan fingerprint density at radius 2 is 1.96 bits per heavy atom. The first-order chi connectivity index (χ1) is 13.8. The summed E-state index contributed by atoms with van der Waals surface area (Å²) in [5, 5.41) is 11.2. The minimum Gasteiger partial charge on any atom is -0.488 e. The maximum atomic E-state index is 5.96. The lowest BCUT2D eigenvalue weighted by molar-refractivity contribution is 0.235. The first-order valence-electron chi connectivity index (χ1n) is 9.60. The van der Waals surface area contributed by atoms with E-state index >= 15 is 0 Å². The number of benzene rings is 2. The van der Waals surface area contributed by atoms with Gasteiger partial charge < -0.3 is 15.4 Å². The number of nitrogens with zero attached hydrogens (tertiary/aromatic N) is 3. The van der Waals surface area contributed by atoms with E-state index in [1.54, 1.807) is 7.05 Å². The molecule has 1 atom stereocenters. The zero-order chi connectivity index (χ0) is 19.2. The van der Waals surface area contributed by atoms with E-state index in [4.69, 9.17) is 4.74 Å². The van der Waals surface area contributed by atoms with Gasteiger partial charge in [-0.1, -0.05) is 36.4 Å². The Hall–Kier alpha value is -3.28. The summed E-state index contributed by atoms with van der Waals surface area (Å²) in [4.78, 5) is 4.30. The highest BCUT2D eigenvalue weighted by Gasteiger charge is 2.22. The van der Waals surface area contributed by atoms with Crippen molar-refractivity contribution in [1.29, 1.82) is 0 Å². The summed E-state index contributed by atoms with van der Waals surface area (Å²) in [5.74, 6) is 1.78. The van der Waals surface area contributed by atoms with Gasteiger partial charge in [0.05, 0.1) is 18.4 Å². The van der Waals surface area contributed by atoms with E-state index in [0.29, 0.717) is 0 Å². The fourth-order valence-corrected chi connectivity index (χ4v) is 3.34. The standard InChI is InChI=1S/C22H25N5O/c1-23-22(25-15-20-13-18-7-5-6-10-21(18)28-20)24-12-11-17-14-26-27(16-17)19-8-3-2-4-9-19/h2-10,14,16,20H,11-13,15H2,1H3,(H2,23,24,25). The summed E-state index contributed by atoms with van der Waals surface area (Å²) in [6.45, 7) is 1.51. The van der Waals surface area contributed by atoms with Crippen LogP contribution in [0.3, 0.4) is 0 Å². The average Bonchev–Trinajstić information content (AvgIpc) is 3.38. The second-order valence-corrected chi connectivity index (χ2v) is 6.81. The van der Waals surface area contributed by atoms with Crippen LogP contribution in [0.15, 0.2) is 72.0 Å². The molecule has 0 spiro atoms. The van der Waals surface area contributed by atoms with Gasteiger partial charge >= 0.3 is 0 Å². The Morgan fingerprint density at radius 3 is 2.79 bits per heavy atom. The lowest BCUT2D eigenvalue weighted by Crippen LogP contribution is -2.42. The van der Waals surface area contributed by atoms with Crippen molar-refractivity contribution >= 4 is 5.96 Å². The second kappa shape index (κ2) is 8.61. The Labute approximate surface area is 165 Å². The predicted molar refractivity (Wildman–Crippen MR) is 111 cm³/mol. The second-order valence-electron chi connectivity index (χ2n) is 6.81. The van der Waals surface area contributed by atoms with Gasteiger partial charge in [-0.25, -0.2) is 4.68 Å². The molecule has 2 heterocycles. The Morgan fingerprint density at radius 1 is 1.14 bits per heavy atom. The quantitative estimate of drug-likeness (QED) is 0.513. The molecule has 0 fully saturated rings. The summed E-state index contributed by atoms with van der Waals surface area (Å²) < 4.78 is 7.86. The van der Waals surface area contributed by atoms with Crippen LogP contribution in [0.5, 0.6) is 5.75 Å². The molecule has 6 heteroatoms. The zero-order valence-electron chi connectivity index (χ0n) is 16.0. The number of guanidine groups is 1. The third-order valence-corrected chi connectivity index (χ3v) is 4.80. The van der Waals surface area contributed by atoms with E-state index in [9.17, 15) is 0 Å². The molecule has 3 aromatic rings. The maximum absolute atomic E-state index is 5.96. The van der Waals surface area contributed by atoms with Gasteiger partial charge in [0.15, 0.2) is 5.96 Å². The fraction of sp³-hybridized carbons (Fsp3) is 0.273. The van der Waals surface area contributed by atoms with Crippen LogP contribution < -0.4 is 15.4 Å². The van der Waals surface area contributed by atoms with Crippen molar-refractivity contribution in [3.05, 3.63) is 78.1 Å². The van der Waals surface area contributed by atoms with Gasteiger partial charge in [0.2, 0.25) is 0 Å². The van der Waals surface area contributed by atoms with E-state index in [1.165, 1.54) is 11.1 Å². The van der Waals surface area contributed by atoms with Crippen LogP contribution in [0.2, 0.25) is 0 Å². The van der Waals surface area contributed by atoms with E-state index in [0.717, 1.165) is 43.3 Å². The normalized spacial score (nSPS) is 15.8. The molecule has 6 nitrogen and oxygen atoms in total. The number of fused-ring (bicyclic) bond motifs is 1. The molecular formula is C22H25N5O. The van der Waals surface area contributed by atoms with E-state index in [2.05, 4.69) is 39.1 Å². The number of para-hydroxylation sites is 2. The summed E-state index contributed by atoms with van der Waals surface area (Å²) in [7, 11) is 1.78. The predicted octanol–water partition coefficient (Wildman–Crippen LogP) is 2.58. The fourth-order valence-electron chi connectivity index (χ4n) is 3.34. The molecule has 1 aromatic heterocycles. The number of rotatable bonds is 6. The SMILES string of the molecule is CN=C(NCCc1cnn(-c2ccccc2)c1)NCC1Cc2ccccc2O1. The highest BCUT2D eigenvalue weighted by molar-refractivity contribution is 5.79. The lowest BCUT2D eigenvalue weighted by atomic mass is 10.1. The van der Waals surface area contributed by atoms with Gasteiger partial charge in [-0.05, 0) is 35.7 Å². The largest absolute Gasteiger partial charge is 0.488 e. The topological polar surface area (TPSA) is 63.5 Å². The highest BCUT2D eigenvalue weighted by atomic mass is 16.5. The van der Waals surface area contributed by atoms with Crippen LogP contribution >= 0.6 is 0 Å². The molecule has 2 N–H and O–H groups in total. The van der Waals surface area contributed by atoms with Crippen LogP contribution in [0.4, 0.5) is 0 Å². The average molecular weight is 375 g/mol. The molecule has 0 aliphatic carbocycles. The van der Waals surface area contributed by atoms with Crippen LogP contribution in [0, 0.1) is 0 Å². The highest BCUT2D eigenvalue weighted by Crippen LogP contribution is 2.27. The molecule has 1 aliphatic heterocycles. The van der Waals surface area contributed by atoms with Gasteiger partial charge in [0.25, 0.3) is 0 Å². The summed E-state index contributed by atoms with van der Waals surface area (Å²) >= 11 is 0. The number of hydrogen-bond acceptors (Lipinski definition) is 3. The lowest BCUT2D eigenvalue weighted by Gasteiger charge is -2.15. The van der Waals surface area contributed by atoms with Gasteiger partial charge in [-0.3, -0.25) is 4.99 Å². The van der Waals surface area contributed by atoms with Crippen molar-refractivity contribution < 1.29 is 4.74 Å². The monoisotopic (exact) mass is 375 g/mol. The Balaban J connectivity index is 1.22. The minimum absolute atomic E-state index is 0.139. The Kier molecular flexibility index (Phi) is 5.56. The molecule has 1 unspecified atom stereocenters. The van der Waals surface area contributed by atoms with Gasteiger partial charge in [0, 0.05) is 26.2 Å². The van der Waals surface area contributed by atoms with Crippen LogP contribution in [-0.2, 0) is 12.8 Å². The van der Waals surface area contributed by atoms with Crippen molar-refractivity contribution in [2.24, 2.45) is 4.99 Å². The molecule has 2 aromatic carbocycles. The van der Waals surface area contributed by atoms with Crippen LogP contribution in [-0.4, -0.2) is 42.0 Å². The number of aliphatic imine (C=N–C) groups is 1. The first-order valence-corrected chi connectivity index (χ1v) is 9.60. The van der Waals surface area contributed by atoms with Crippen molar-refractivity contribution in [2.75, 3.05) is 20.1 Å². The summed E-state index contributed by atoms with van der Waals surface area (Å²) in [6, 6.07) is 18.3. The zero-order valence-corrected chi connectivity index (χ0v) is 16.0. The molecular weight excluding hydrogens is 350 g/mol. The molecule has 0 bridgehead atoms. The first kappa shape index (κ1) is 18.1. The van der Waals surface area contributed by atoms with Gasteiger partial charge in [-0.2, -0.15) is 5.10 Å². The minimum atomic E-state index is 0.139. The molecule has 144 valence electrons. The molecule has 1 aliphatic rings. The van der Waals surface area contributed by atoms with Crippen LogP contribution in [0.1, 0.15) is 11.1 Å². The summed E-state index contributed by atoms with van der Waals surface area (Å²) in [5.41, 5.74) is 3.52. The molecule has 0 saturated carbocycles. The number of aromatic nitrogens is 2. The third kappa shape index (κ3) is 4.34. The van der Waals surface area contributed by atoms with Crippen molar-refractivity contribution in [3.63, 3.8) is 0 Å². The molecule has 4 rings (SSSR count). The smallest absolute Gasteiger partial charge is 0.191 e. The molecule has 28 heavy (non-hydrogen) atoms. The third-order valence-electron chi connectivity index (χ3n) is 4.80. The number of hydrogen-bond donors (Lipinski definition) is 2. The van der Waals surface area contributed by atoms with E-state index in [1.807, 2.05) is 53.3 Å². The molecule has 0 radical (unpaired) electrons. The Bertz CT molecular complexity index is 910. The molecule has 0 amide bonds. The van der Waals surface area contributed by atoms with Gasteiger partial charge in [0.1, 0.15) is 11.9 Å². The van der Waals surface area contributed by atoms with Crippen molar-refractivity contribution in [1.82, 2.24) is 20.4 Å².